The van der Waals surface area contributed by atoms with Crippen LogP contribution < -0.4 is 10.6 Å². The summed E-state index contributed by atoms with van der Waals surface area (Å²) in [5, 5.41) is 47.7. The van der Waals surface area contributed by atoms with Crippen LogP contribution in [-0.2, 0) is 12.8 Å². The van der Waals surface area contributed by atoms with Crippen molar-refractivity contribution in [3.05, 3.63) is 131 Å². The fraction of sp³-hybridized carbons (Fsp3) is 0.188. The molecule has 0 aliphatic carbocycles. The van der Waals surface area contributed by atoms with Crippen LogP contribution in [0.25, 0.3) is 0 Å². The Bertz CT molecular complexity index is 1270. The van der Waals surface area contributed by atoms with E-state index >= 15 is 0 Å². The van der Waals surface area contributed by atoms with Gasteiger partial charge in [0.25, 0.3) is 11.8 Å². The minimum absolute atomic E-state index is 0.0148. The van der Waals surface area contributed by atoms with Crippen LogP contribution in [0.4, 0.5) is 0 Å². The van der Waals surface area contributed by atoms with Crippen molar-refractivity contribution in [2.75, 3.05) is 0 Å². The molecular weight excluding hydrogens is 508 g/mol. The molecule has 0 aliphatic rings. The van der Waals surface area contributed by atoms with Gasteiger partial charge in [-0.05, 0) is 72.5 Å². The van der Waals surface area contributed by atoms with Gasteiger partial charge in [0.05, 0.1) is 12.1 Å². The third-order valence-electron chi connectivity index (χ3n) is 6.66. The molecule has 0 bridgehead atoms. The lowest BCUT2D eigenvalue weighted by Gasteiger charge is -2.33. The highest BCUT2D eigenvalue weighted by molar-refractivity contribution is 5.95. The maximum absolute atomic E-state index is 13.1. The van der Waals surface area contributed by atoms with Crippen LogP contribution >= 0.6 is 0 Å². The first-order valence-corrected chi connectivity index (χ1v) is 12.9. The minimum atomic E-state index is -1.46. The van der Waals surface area contributed by atoms with Crippen molar-refractivity contribution in [3.8, 4) is 11.5 Å². The van der Waals surface area contributed by atoms with Gasteiger partial charge in [-0.3, -0.25) is 9.59 Å². The van der Waals surface area contributed by atoms with Gasteiger partial charge in [0.2, 0.25) is 0 Å². The standard InChI is InChI=1S/C32H32N2O6/c35-25-15-11-23(12-16-25)31(39)33-27(19-21-7-3-1-4-8-21)29(37)30(38)28(20-22-9-5-2-6-10-22)34-32(40)24-13-17-26(36)18-14-24/h1-18,27-30,35-38H,19-20H2,(H,33,39)(H,34,40)/t27-,28+,29-,30+. The molecule has 0 saturated heterocycles. The van der Waals surface area contributed by atoms with Crippen molar-refractivity contribution in [2.24, 2.45) is 0 Å². The molecule has 4 atom stereocenters. The molecule has 8 heteroatoms. The number of aliphatic hydroxyl groups excluding tert-OH is 2. The normalized spacial score (nSPS) is 13.9. The largest absolute Gasteiger partial charge is 0.508 e. The Morgan fingerprint density at radius 3 is 1.18 bits per heavy atom. The van der Waals surface area contributed by atoms with E-state index in [2.05, 4.69) is 10.6 Å². The Morgan fingerprint density at radius 1 is 0.525 bits per heavy atom. The smallest absolute Gasteiger partial charge is 0.251 e. The molecular formula is C32H32N2O6. The van der Waals surface area contributed by atoms with Gasteiger partial charge in [-0.2, -0.15) is 0 Å². The van der Waals surface area contributed by atoms with Crippen LogP contribution in [0.2, 0.25) is 0 Å². The number of rotatable bonds is 11. The highest BCUT2D eigenvalue weighted by atomic mass is 16.3. The summed E-state index contributed by atoms with van der Waals surface area (Å²) in [7, 11) is 0. The van der Waals surface area contributed by atoms with E-state index in [0.29, 0.717) is 0 Å². The van der Waals surface area contributed by atoms with Gasteiger partial charge >= 0.3 is 0 Å². The number of amides is 2. The number of carbonyl (C=O) groups is 2. The number of benzene rings is 4. The number of aliphatic hydroxyl groups is 2. The molecule has 8 nitrogen and oxygen atoms in total. The molecule has 4 aromatic rings. The van der Waals surface area contributed by atoms with Crippen LogP contribution in [0.15, 0.2) is 109 Å². The predicted octanol–water partition coefficient (Wildman–Crippen LogP) is 3.20. The molecule has 4 rings (SSSR count). The van der Waals surface area contributed by atoms with Gasteiger partial charge in [0.1, 0.15) is 23.7 Å². The lowest BCUT2D eigenvalue weighted by Crippen LogP contribution is -2.57. The molecule has 40 heavy (non-hydrogen) atoms. The molecule has 0 heterocycles. The summed E-state index contributed by atoms with van der Waals surface area (Å²) in [4.78, 5) is 26.1. The predicted molar refractivity (Wildman–Crippen MR) is 151 cm³/mol. The summed E-state index contributed by atoms with van der Waals surface area (Å²) >= 11 is 0. The quantitative estimate of drug-likeness (QED) is 0.173. The minimum Gasteiger partial charge on any atom is -0.508 e. The van der Waals surface area contributed by atoms with Crippen molar-refractivity contribution in [1.29, 1.82) is 0 Å². The monoisotopic (exact) mass is 540 g/mol. The number of phenolic OH excluding ortho intramolecular Hbond substituents is 2. The van der Waals surface area contributed by atoms with E-state index < -0.39 is 36.1 Å². The first kappa shape index (κ1) is 28.4. The maximum Gasteiger partial charge on any atom is 0.251 e. The van der Waals surface area contributed by atoms with Gasteiger partial charge in [0, 0.05) is 11.1 Å². The second-order valence-electron chi connectivity index (χ2n) is 9.61. The van der Waals surface area contributed by atoms with Crippen molar-refractivity contribution >= 4 is 11.8 Å². The molecule has 6 N–H and O–H groups in total. The summed E-state index contributed by atoms with van der Waals surface area (Å²) in [6.07, 6.45) is -2.50. The van der Waals surface area contributed by atoms with Crippen molar-refractivity contribution in [2.45, 2.75) is 37.1 Å². The van der Waals surface area contributed by atoms with E-state index in [1.165, 1.54) is 48.5 Å². The second-order valence-corrected chi connectivity index (χ2v) is 9.61. The Hall–Kier alpha value is -4.66. The molecule has 0 spiro atoms. The van der Waals surface area contributed by atoms with E-state index in [9.17, 15) is 30.0 Å². The Morgan fingerprint density at radius 2 is 0.850 bits per heavy atom. The average Bonchev–Trinajstić information content (AvgIpc) is 2.97. The molecule has 2 amide bonds. The molecule has 206 valence electrons. The van der Waals surface area contributed by atoms with Crippen LogP contribution in [0.1, 0.15) is 31.8 Å². The number of phenols is 2. The summed E-state index contributed by atoms with van der Waals surface area (Å²) < 4.78 is 0. The van der Waals surface area contributed by atoms with E-state index in [1.54, 1.807) is 0 Å². The fourth-order valence-electron chi connectivity index (χ4n) is 4.46. The van der Waals surface area contributed by atoms with Crippen molar-refractivity contribution < 1.29 is 30.0 Å². The highest BCUT2D eigenvalue weighted by Crippen LogP contribution is 2.17. The zero-order valence-electron chi connectivity index (χ0n) is 21.7. The van der Waals surface area contributed by atoms with Crippen molar-refractivity contribution in [3.63, 3.8) is 0 Å². The van der Waals surface area contributed by atoms with E-state index in [-0.39, 0.29) is 35.5 Å². The first-order chi connectivity index (χ1) is 19.3. The zero-order valence-corrected chi connectivity index (χ0v) is 21.7. The van der Waals surface area contributed by atoms with Gasteiger partial charge in [0.15, 0.2) is 0 Å². The number of carbonyl (C=O) groups excluding carboxylic acids is 2. The Kier molecular flexibility index (Phi) is 9.51. The summed E-state index contributed by atoms with van der Waals surface area (Å²) in [6.45, 7) is 0. The van der Waals surface area contributed by atoms with E-state index in [0.717, 1.165) is 11.1 Å². The first-order valence-electron chi connectivity index (χ1n) is 12.9. The Balaban J connectivity index is 1.59. The Labute approximate surface area is 232 Å². The molecule has 0 radical (unpaired) electrons. The SMILES string of the molecule is O=C(N[C@@H](Cc1ccccc1)[C@H](O)[C@H](O)[C@@H](Cc1ccccc1)NC(=O)c1ccc(O)cc1)c1ccc(O)cc1. The van der Waals surface area contributed by atoms with Gasteiger partial charge in [-0.15, -0.1) is 0 Å². The molecule has 0 unspecified atom stereocenters. The number of hydrogen-bond donors (Lipinski definition) is 6. The number of aromatic hydroxyl groups is 2. The van der Waals surface area contributed by atoms with Crippen LogP contribution in [0.3, 0.4) is 0 Å². The molecule has 0 fully saturated rings. The third-order valence-corrected chi connectivity index (χ3v) is 6.66. The highest BCUT2D eigenvalue weighted by Gasteiger charge is 2.34. The molecule has 0 aromatic heterocycles. The summed E-state index contributed by atoms with van der Waals surface area (Å²) in [5.41, 5.74) is 2.22. The fourth-order valence-corrected chi connectivity index (χ4v) is 4.46. The van der Waals surface area contributed by atoms with Crippen LogP contribution in [0.5, 0.6) is 11.5 Å². The van der Waals surface area contributed by atoms with Gasteiger partial charge in [-0.25, -0.2) is 0 Å². The third kappa shape index (κ3) is 7.69. The second kappa shape index (κ2) is 13.4. The van der Waals surface area contributed by atoms with Crippen molar-refractivity contribution in [1.82, 2.24) is 10.6 Å². The summed E-state index contributed by atoms with van der Waals surface area (Å²) in [6, 6.07) is 28.1. The van der Waals surface area contributed by atoms with Gasteiger partial charge < -0.3 is 31.1 Å². The molecule has 0 aliphatic heterocycles. The van der Waals surface area contributed by atoms with E-state index in [1.807, 2.05) is 60.7 Å². The average molecular weight is 541 g/mol. The van der Waals surface area contributed by atoms with Crippen LogP contribution in [-0.4, -0.2) is 56.5 Å². The maximum atomic E-state index is 13.1. The lowest BCUT2D eigenvalue weighted by molar-refractivity contribution is -0.0219. The number of nitrogens with one attached hydrogen (secondary N) is 2. The topological polar surface area (TPSA) is 139 Å². The summed E-state index contributed by atoms with van der Waals surface area (Å²) in [5.74, 6) is -0.943. The molecule has 4 aromatic carbocycles. The number of hydrogen-bond acceptors (Lipinski definition) is 6. The van der Waals surface area contributed by atoms with E-state index in [4.69, 9.17) is 0 Å². The molecule has 0 saturated carbocycles. The van der Waals surface area contributed by atoms with Gasteiger partial charge in [-0.1, -0.05) is 60.7 Å². The lowest BCUT2D eigenvalue weighted by atomic mass is 9.90. The van der Waals surface area contributed by atoms with Crippen LogP contribution in [0, 0.1) is 0 Å². The zero-order chi connectivity index (χ0) is 28.5.